The van der Waals surface area contributed by atoms with Crippen molar-refractivity contribution in [3.63, 3.8) is 0 Å². The van der Waals surface area contributed by atoms with Crippen molar-refractivity contribution in [1.29, 1.82) is 0 Å². The molecular weight excluding hydrogens is 330 g/mol. The molecule has 0 saturated carbocycles. The molecular formula is C16H14BrN3O. The molecule has 106 valence electrons. The van der Waals surface area contributed by atoms with Crippen LogP contribution in [-0.4, -0.2) is 15.3 Å². The second-order valence-electron chi connectivity index (χ2n) is 4.89. The van der Waals surface area contributed by atoms with Crippen molar-refractivity contribution in [2.24, 2.45) is 0 Å². The summed E-state index contributed by atoms with van der Waals surface area (Å²) >= 11 is 3.47. The van der Waals surface area contributed by atoms with E-state index in [9.17, 15) is 4.79 Å². The Hall–Kier alpha value is -2.14. The normalized spacial score (nSPS) is 10.8. The average molecular weight is 344 g/mol. The SMILES string of the molecule is Cc1ccc(NC(=O)c2c(C)nc3ccccn23)cc1Br. The predicted octanol–water partition coefficient (Wildman–Crippen LogP) is 3.97. The lowest BCUT2D eigenvalue weighted by Gasteiger charge is -2.07. The largest absolute Gasteiger partial charge is 0.321 e. The molecule has 1 N–H and O–H groups in total. The minimum Gasteiger partial charge on any atom is -0.321 e. The maximum absolute atomic E-state index is 12.5. The lowest BCUT2D eigenvalue weighted by atomic mass is 10.2. The van der Waals surface area contributed by atoms with Gasteiger partial charge in [0.15, 0.2) is 0 Å². The molecule has 0 aliphatic carbocycles. The van der Waals surface area contributed by atoms with Crippen LogP contribution in [-0.2, 0) is 0 Å². The number of anilines is 1. The van der Waals surface area contributed by atoms with E-state index < -0.39 is 0 Å². The number of pyridine rings is 1. The number of nitrogens with zero attached hydrogens (tertiary/aromatic N) is 2. The van der Waals surface area contributed by atoms with Gasteiger partial charge in [0.25, 0.3) is 5.91 Å². The van der Waals surface area contributed by atoms with Gasteiger partial charge in [-0.25, -0.2) is 4.98 Å². The maximum Gasteiger partial charge on any atom is 0.274 e. The predicted molar refractivity (Wildman–Crippen MR) is 86.8 cm³/mol. The van der Waals surface area contributed by atoms with E-state index >= 15 is 0 Å². The van der Waals surface area contributed by atoms with Gasteiger partial charge in [0, 0.05) is 16.4 Å². The molecule has 2 heterocycles. The fourth-order valence-corrected chi connectivity index (χ4v) is 2.63. The fourth-order valence-electron chi connectivity index (χ4n) is 2.25. The number of aromatic nitrogens is 2. The third kappa shape index (κ3) is 2.56. The van der Waals surface area contributed by atoms with E-state index in [0.29, 0.717) is 11.4 Å². The number of hydrogen-bond donors (Lipinski definition) is 1. The number of halogens is 1. The molecule has 0 fully saturated rings. The fraction of sp³-hybridized carbons (Fsp3) is 0.125. The zero-order valence-corrected chi connectivity index (χ0v) is 13.3. The van der Waals surface area contributed by atoms with Gasteiger partial charge in [-0.05, 0) is 43.7 Å². The van der Waals surface area contributed by atoms with Crippen molar-refractivity contribution < 1.29 is 4.79 Å². The van der Waals surface area contributed by atoms with Crippen LogP contribution in [0.5, 0.6) is 0 Å². The first kappa shape index (κ1) is 13.8. The molecule has 0 saturated heterocycles. The number of imidazole rings is 1. The van der Waals surface area contributed by atoms with Gasteiger partial charge < -0.3 is 5.32 Å². The molecule has 0 unspecified atom stereocenters. The molecule has 0 atom stereocenters. The molecule has 2 aromatic heterocycles. The monoisotopic (exact) mass is 343 g/mol. The lowest BCUT2D eigenvalue weighted by molar-refractivity contribution is 0.102. The number of carbonyl (C=O) groups excluding carboxylic acids is 1. The minimum absolute atomic E-state index is 0.165. The molecule has 3 rings (SSSR count). The van der Waals surface area contributed by atoms with Crippen LogP contribution < -0.4 is 5.32 Å². The molecule has 0 bridgehead atoms. The first-order chi connectivity index (χ1) is 10.1. The molecule has 0 aliphatic rings. The number of benzene rings is 1. The van der Waals surface area contributed by atoms with Gasteiger partial charge in [0.05, 0.1) is 5.69 Å². The van der Waals surface area contributed by atoms with E-state index in [1.807, 2.05) is 56.4 Å². The van der Waals surface area contributed by atoms with Gasteiger partial charge in [0.2, 0.25) is 0 Å². The summed E-state index contributed by atoms with van der Waals surface area (Å²) in [4.78, 5) is 16.9. The van der Waals surface area contributed by atoms with Crippen molar-refractivity contribution in [2.75, 3.05) is 5.32 Å². The number of rotatable bonds is 2. The lowest BCUT2D eigenvalue weighted by Crippen LogP contribution is -2.15. The third-order valence-electron chi connectivity index (χ3n) is 3.35. The van der Waals surface area contributed by atoms with E-state index in [-0.39, 0.29) is 5.91 Å². The van der Waals surface area contributed by atoms with Gasteiger partial charge >= 0.3 is 0 Å². The van der Waals surface area contributed by atoms with Crippen molar-refractivity contribution in [1.82, 2.24) is 9.38 Å². The summed E-state index contributed by atoms with van der Waals surface area (Å²) in [5, 5.41) is 2.92. The van der Waals surface area contributed by atoms with Crippen LogP contribution in [0.2, 0.25) is 0 Å². The van der Waals surface area contributed by atoms with E-state index in [1.54, 1.807) is 4.40 Å². The molecule has 0 aliphatic heterocycles. The highest BCUT2D eigenvalue weighted by atomic mass is 79.9. The van der Waals surface area contributed by atoms with E-state index in [2.05, 4.69) is 26.2 Å². The summed E-state index contributed by atoms with van der Waals surface area (Å²) in [5.74, 6) is -0.165. The molecule has 3 aromatic rings. The Morgan fingerprint density at radius 1 is 1.24 bits per heavy atom. The summed E-state index contributed by atoms with van der Waals surface area (Å²) in [5.41, 5.74) is 3.92. The van der Waals surface area contributed by atoms with Gasteiger partial charge in [-0.2, -0.15) is 0 Å². The second kappa shape index (κ2) is 5.33. The van der Waals surface area contributed by atoms with Crippen LogP contribution in [0.1, 0.15) is 21.7 Å². The van der Waals surface area contributed by atoms with Crippen LogP contribution in [0.3, 0.4) is 0 Å². The van der Waals surface area contributed by atoms with Crippen molar-refractivity contribution in [3.8, 4) is 0 Å². The minimum atomic E-state index is -0.165. The van der Waals surface area contributed by atoms with E-state index in [1.165, 1.54) is 0 Å². The molecule has 1 aromatic carbocycles. The topological polar surface area (TPSA) is 46.4 Å². The van der Waals surface area contributed by atoms with Crippen molar-refractivity contribution in [3.05, 3.63) is 64.0 Å². The molecule has 0 spiro atoms. The first-order valence-corrected chi connectivity index (χ1v) is 7.37. The molecule has 21 heavy (non-hydrogen) atoms. The second-order valence-corrected chi connectivity index (χ2v) is 5.75. The summed E-state index contributed by atoms with van der Waals surface area (Å²) in [7, 11) is 0. The van der Waals surface area contributed by atoms with E-state index in [4.69, 9.17) is 0 Å². The van der Waals surface area contributed by atoms with Gasteiger partial charge in [-0.1, -0.05) is 28.1 Å². The maximum atomic E-state index is 12.5. The molecule has 5 heteroatoms. The van der Waals surface area contributed by atoms with Gasteiger partial charge in [-0.3, -0.25) is 9.20 Å². The number of hydrogen-bond acceptors (Lipinski definition) is 2. The number of aryl methyl sites for hydroxylation is 2. The van der Waals surface area contributed by atoms with Crippen LogP contribution in [0.25, 0.3) is 5.65 Å². The average Bonchev–Trinajstić information content (AvgIpc) is 2.78. The standard InChI is InChI=1S/C16H14BrN3O/c1-10-6-7-12(9-13(10)17)19-16(21)15-11(2)18-14-5-3-4-8-20(14)15/h3-9H,1-2H3,(H,19,21). The van der Waals surface area contributed by atoms with Crippen LogP contribution in [0.15, 0.2) is 47.1 Å². The highest BCUT2D eigenvalue weighted by Gasteiger charge is 2.16. The Morgan fingerprint density at radius 3 is 2.81 bits per heavy atom. The zero-order chi connectivity index (χ0) is 15.0. The summed E-state index contributed by atoms with van der Waals surface area (Å²) in [6, 6.07) is 11.4. The highest BCUT2D eigenvalue weighted by molar-refractivity contribution is 9.10. The van der Waals surface area contributed by atoms with Crippen molar-refractivity contribution in [2.45, 2.75) is 13.8 Å². The number of carbonyl (C=O) groups is 1. The number of amides is 1. The Bertz CT molecular complexity index is 839. The molecule has 0 radical (unpaired) electrons. The third-order valence-corrected chi connectivity index (χ3v) is 4.20. The van der Waals surface area contributed by atoms with Crippen LogP contribution >= 0.6 is 15.9 Å². The molecule has 1 amide bonds. The number of nitrogens with one attached hydrogen (secondary N) is 1. The Balaban J connectivity index is 1.97. The summed E-state index contributed by atoms with van der Waals surface area (Å²) in [6.45, 7) is 3.84. The Kier molecular flexibility index (Phi) is 3.51. The van der Waals surface area contributed by atoms with Gasteiger partial charge in [-0.15, -0.1) is 0 Å². The molecule has 4 nitrogen and oxygen atoms in total. The van der Waals surface area contributed by atoms with Gasteiger partial charge in [0.1, 0.15) is 11.3 Å². The number of fused-ring (bicyclic) bond motifs is 1. The summed E-state index contributed by atoms with van der Waals surface area (Å²) < 4.78 is 2.77. The highest BCUT2D eigenvalue weighted by Crippen LogP contribution is 2.21. The summed E-state index contributed by atoms with van der Waals surface area (Å²) in [6.07, 6.45) is 1.84. The first-order valence-electron chi connectivity index (χ1n) is 6.57. The van der Waals surface area contributed by atoms with Crippen LogP contribution in [0.4, 0.5) is 5.69 Å². The Morgan fingerprint density at radius 2 is 2.05 bits per heavy atom. The van der Waals surface area contributed by atoms with Crippen molar-refractivity contribution >= 4 is 33.2 Å². The quantitative estimate of drug-likeness (QED) is 0.765. The smallest absolute Gasteiger partial charge is 0.274 e. The zero-order valence-electron chi connectivity index (χ0n) is 11.7. The Labute approximate surface area is 131 Å². The van der Waals surface area contributed by atoms with Crippen LogP contribution in [0, 0.1) is 13.8 Å². The van der Waals surface area contributed by atoms with E-state index in [0.717, 1.165) is 21.4 Å².